The molecular formula is C13H17BrN4. The Morgan fingerprint density at radius 1 is 1.50 bits per heavy atom. The molecule has 1 aromatic carbocycles. The number of nitrogens with one attached hydrogen (secondary N) is 1. The quantitative estimate of drug-likeness (QED) is 0.673. The van der Waals surface area contributed by atoms with Crippen molar-refractivity contribution in [3.05, 3.63) is 51.8 Å². The van der Waals surface area contributed by atoms with Crippen molar-refractivity contribution in [1.82, 2.24) is 15.2 Å². The molecule has 1 aromatic heterocycles. The third kappa shape index (κ3) is 2.98. The summed E-state index contributed by atoms with van der Waals surface area (Å²) in [7, 11) is 1.92. The van der Waals surface area contributed by atoms with Crippen molar-refractivity contribution in [1.29, 1.82) is 0 Å². The lowest BCUT2D eigenvalue weighted by atomic mass is 10.0. The Labute approximate surface area is 115 Å². The molecule has 0 radical (unpaired) electrons. The van der Waals surface area contributed by atoms with Crippen LogP contribution in [0.3, 0.4) is 0 Å². The zero-order valence-corrected chi connectivity index (χ0v) is 12.1. The van der Waals surface area contributed by atoms with E-state index >= 15 is 0 Å². The van der Waals surface area contributed by atoms with Crippen LogP contribution in [0.1, 0.15) is 22.9 Å². The van der Waals surface area contributed by atoms with E-state index < -0.39 is 0 Å². The number of hydrogen-bond acceptors (Lipinski definition) is 3. The first-order valence-electron chi connectivity index (χ1n) is 5.81. The van der Waals surface area contributed by atoms with Crippen LogP contribution >= 0.6 is 15.9 Å². The zero-order valence-electron chi connectivity index (χ0n) is 10.5. The maximum atomic E-state index is 5.67. The fraction of sp³-hybridized carbons (Fsp3) is 0.308. The first kappa shape index (κ1) is 13.3. The van der Waals surface area contributed by atoms with Crippen LogP contribution in [0.2, 0.25) is 0 Å². The molecule has 0 saturated carbocycles. The normalized spacial score (nSPS) is 12.7. The lowest BCUT2D eigenvalue weighted by Gasteiger charge is -2.15. The highest BCUT2D eigenvalue weighted by Crippen LogP contribution is 2.21. The third-order valence-electron chi connectivity index (χ3n) is 2.96. The van der Waals surface area contributed by atoms with Crippen LogP contribution in [0.5, 0.6) is 0 Å². The molecule has 2 rings (SSSR count). The molecule has 1 heterocycles. The predicted octanol–water partition coefficient (Wildman–Crippen LogP) is 2.24. The Kier molecular flexibility index (Phi) is 4.16. The summed E-state index contributed by atoms with van der Waals surface area (Å²) < 4.78 is 2.90. The average molecular weight is 309 g/mol. The molecular weight excluding hydrogens is 292 g/mol. The van der Waals surface area contributed by atoms with Crippen LogP contribution in [0.25, 0.3) is 0 Å². The monoisotopic (exact) mass is 308 g/mol. The highest BCUT2D eigenvalue weighted by atomic mass is 79.9. The third-order valence-corrected chi connectivity index (χ3v) is 3.45. The van der Waals surface area contributed by atoms with E-state index in [-0.39, 0.29) is 6.04 Å². The Hall–Kier alpha value is -1.17. The van der Waals surface area contributed by atoms with E-state index in [1.54, 1.807) is 0 Å². The number of hydrogen-bond donors (Lipinski definition) is 2. The molecule has 0 aliphatic carbocycles. The number of halogens is 1. The summed E-state index contributed by atoms with van der Waals surface area (Å²) >= 11 is 3.48. The summed E-state index contributed by atoms with van der Waals surface area (Å²) in [6.07, 6.45) is 2.85. The van der Waals surface area contributed by atoms with E-state index in [1.807, 2.05) is 37.0 Å². The predicted molar refractivity (Wildman–Crippen MR) is 75.9 cm³/mol. The summed E-state index contributed by atoms with van der Waals surface area (Å²) in [5.74, 6) is 5.67. The molecule has 96 valence electrons. The minimum Gasteiger partial charge on any atom is -0.275 e. The Bertz CT molecular complexity index is 536. The second-order valence-electron chi connectivity index (χ2n) is 4.40. The van der Waals surface area contributed by atoms with Crippen LogP contribution in [-0.2, 0) is 13.5 Å². The van der Waals surface area contributed by atoms with Crippen molar-refractivity contribution in [2.24, 2.45) is 12.9 Å². The van der Waals surface area contributed by atoms with E-state index in [2.05, 4.69) is 38.6 Å². The summed E-state index contributed by atoms with van der Waals surface area (Å²) in [6, 6.07) is 8.33. The second-order valence-corrected chi connectivity index (χ2v) is 5.31. The molecule has 0 aliphatic rings. The SMILES string of the molecule is Cc1nn(C)cc1C(Cc1cccc(Br)c1)NN. The molecule has 0 amide bonds. The Balaban J connectivity index is 2.22. The molecule has 1 atom stereocenters. The van der Waals surface area contributed by atoms with Crippen molar-refractivity contribution >= 4 is 15.9 Å². The highest BCUT2D eigenvalue weighted by Gasteiger charge is 2.15. The fourth-order valence-corrected chi connectivity index (χ4v) is 2.56. The van der Waals surface area contributed by atoms with Crippen LogP contribution in [0, 0.1) is 6.92 Å². The molecule has 18 heavy (non-hydrogen) atoms. The van der Waals surface area contributed by atoms with Gasteiger partial charge in [-0.15, -0.1) is 0 Å². The largest absolute Gasteiger partial charge is 0.275 e. The number of aryl methyl sites for hydroxylation is 2. The molecule has 5 heteroatoms. The molecule has 0 fully saturated rings. The first-order valence-corrected chi connectivity index (χ1v) is 6.60. The maximum Gasteiger partial charge on any atom is 0.0642 e. The van der Waals surface area contributed by atoms with Crippen LogP contribution < -0.4 is 11.3 Å². The standard InChI is InChI=1S/C13H17BrN4/c1-9-12(8-18(2)17-9)13(16-15)7-10-4-3-5-11(14)6-10/h3-6,8,13,16H,7,15H2,1-2H3. The van der Waals surface area contributed by atoms with Crippen molar-refractivity contribution < 1.29 is 0 Å². The fourth-order valence-electron chi connectivity index (χ4n) is 2.12. The zero-order chi connectivity index (χ0) is 13.1. The van der Waals surface area contributed by atoms with Crippen molar-refractivity contribution in [3.63, 3.8) is 0 Å². The topological polar surface area (TPSA) is 55.9 Å². The average Bonchev–Trinajstić information content (AvgIpc) is 2.65. The van der Waals surface area contributed by atoms with Crippen LogP contribution in [0.4, 0.5) is 0 Å². The number of hydrazine groups is 1. The van der Waals surface area contributed by atoms with Crippen LogP contribution in [0.15, 0.2) is 34.9 Å². The molecule has 0 bridgehead atoms. The van der Waals surface area contributed by atoms with Gasteiger partial charge in [0.05, 0.1) is 11.7 Å². The highest BCUT2D eigenvalue weighted by molar-refractivity contribution is 9.10. The minimum atomic E-state index is 0.0769. The van der Waals surface area contributed by atoms with Gasteiger partial charge in [0, 0.05) is 23.3 Å². The number of nitrogens with two attached hydrogens (primary N) is 1. The van der Waals surface area contributed by atoms with Gasteiger partial charge in [-0.3, -0.25) is 16.0 Å². The molecule has 0 aliphatic heterocycles. The molecule has 1 unspecified atom stereocenters. The van der Waals surface area contributed by atoms with Crippen molar-refractivity contribution in [3.8, 4) is 0 Å². The van der Waals surface area contributed by atoms with E-state index in [9.17, 15) is 0 Å². The van der Waals surface area contributed by atoms with Gasteiger partial charge in [0.1, 0.15) is 0 Å². The summed E-state index contributed by atoms with van der Waals surface area (Å²) in [6.45, 7) is 2.00. The summed E-state index contributed by atoms with van der Waals surface area (Å²) in [4.78, 5) is 0. The van der Waals surface area contributed by atoms with Gasteiger partial charge >= 0.3 is 0 Å². The smallest absolute Gasteiger partial charge is 0.0642 e. The summed E-state index contributed by atoms with van der Waals surface area (Å²) in [5.41, 5.74) is 6.25. The Morgan fingerprint density at radius 3 is 2.83 bits per heavy atom. The molecule has 0 spiro atoms. The number of nitrogens with zero attached hydrogens (tertiary/aromatic N) is 2. The minimum absolute atomic E-state index is 0.0769. The molecule has 3 N–H and O–H groups in total. The lowest BCUT2D eigenvalue weighted by molar-refractivity contribution is 0.549. The summed E-state index contributed by atoms with van der Waals surface area (Å²) in [5, 5.41) is 4.35. The van der Waals surface area contributed by atoms with Gasteiger partial charge in [0.15, 0.2) is 0 Å². The van der Waals surface area contributed by atoms with Gasteiger partial charge in [0.2, 0.25) is 0 Å². The van der Waals surface area contributed by atoms with Gasteiger partial charge in [0.25, 0.3) is 0 Å². The van der Waals surface area contributed by atoms with E-state index in [0.29, 0.717) is 0 Å². The number of benzene rings is 1. The van der Waals surface area contributed by atoms with E-state index in [1.165, 1.54) is 5.56 Å². The van der Waals surface area contributed by atoms with E-state index in [0.717, 1.165) is 22.2 Å². The van der Waals surface area contributed by atoms with Gasteiger partial charge in [-0.05, 0) is 31.0 Å². The molecule has 2 aromatic rings. The van der Waals surface area contributed by atoms with Gasteiger partial charge in [-0.1, -0.05) is 28.1 Å². The van der Waals surface area contributed by atoms with Gasteiger partial charge < -0.3 is 0 Å². The van der Waals surface area contributed by atoms with Gasteiger partial charge in [-0.25, -0.2) is 0 Å². The lowest BCUT2D eigenvalue weighted by Crippen LogP contribution is -2.29. The van der Waals surface area contributed by atoms with E-state index in [4.69, 9.17) is 5.84 Å². The molecule has 0 saturated heterocycles. The number of rotatable bonds is 4. The van der Waals surface area contributed by atoms with Crippen LogP contribution in [-0.4, -0.2) is 9.78 Å². The Morgan fingerprint density at radius 2 is 2.28 bits per heavy atom. The maximum absolute atomic E-state index is 5.67. The number of aromatic nitrogens is 2. The van der Waals surface area contributed by atoms with Gasteiger partial charge in [-0.2, -0.15) is 5.10 Å². The second kappa shape index (κ2) is 5.65. The van der Waals surface area contributed by atoms with Crippen molar-refractivity contribution in [2.45, 2.75) is 19.4 Å². The molecule has 4 nitrogen and oxygen atoms in total. The first-order chi connectivity index (χ1) is 8.60. The van der Waals surface area contributed by atoms with Crippen molar-refractivity contribution in [2.75, 3.05) is 0 Å².